The molecule has 1 amide bonds. The molecule has 0 aliphatic carbocycles. The van der Waals surface area contributed by atoms with Gasteiger partial charge in [0.05, 0.1) is 18.2 Å². The van der Waals surface area contributed by atoms with Crippen LogP contribution in [0.2, 0.25) is 0 Å². The number of hydrogen-bond acceptors (Lipinski definition) is 2. The lowest BCUT2D eigenvalue weighted by molar-refractivity contribution is 0.0671. The Balaban J connectivity index is 2.32. The van der Waals surface area contributed by atoms with Crippen molar-refractivity contribution in [3.8, 4) is 0 Å². The molecule has 1 fully saturated rings. The second-order valence-corrected chi connectivity index (χ2v) is 4.20. The van der Waals surface area contributed by atoms with Crippen LogP contribution in [0.3, 0.4) is 0 Å². The van der Waals surface area contributed by atoms with Crippen molar-refractivity contribution in [1.29, 1.82) is 0 Å². The predicted octanol–water partition coefficient (Wildman–Crippen LogP) is 1.70. The van der Waals surface area contributed by atoms with E-state index in [-0.39, 0.29) is 12.6 Å². The average Bonchev–Trinajstić information content (AvgIpc) is 2.83. The van der Waals surface area contributed by atoms with Gasteiger partial charge < -0.3 is 10.0 Å². The van der Waals surface area contributed by atoms with Crippen LogP contribution >= 0.6 is 0 Å². The van der Waals surface area contributed by atoms with Crippen LogP contribution in [0.1, 0.15) is 23.2 Å². The lowest BCUT2D eigenvalue weighted by Gasteiger charge is -2.23. The van der Waals surface area contributed by atoms with Crippen molar-refractivity contribution in [1.82, 2.24) is 4.90 Å². The summed E-state index contributed by atoms with van der Waals surface area (Å²) < 4.78 is 39.3. The molecule has 1 heterocycles. The number of carbonyl (C=O) groups is 1. The summed E-state index contributed by atoms with van der Waals surface area (Å²) in [5, 5.41) is 9.08. The number of benzene rings is 1. The summed E-state index contributed by atoms with van der Waals surface area (Å²) in [5.41, 5.74) is -0.505. The lowest BCUT2D eigenvalue weighted by Crippen LogP contribution is -2.38. The summed E-state index contributed by atoms with van der Waals surface area (Å²) in [5.74, 6) is -5.18. The van der Waals surface area contributed by atoms with Crippen molar-refractivity contribution in [2.75, 3.05) is 13.2 Å². The topological polar surface area (TPSA) is 40.5 Å². The Hall–Kier alpha value is -1.56. The zero-order valence-electron chi connectivity index (χ0n) is 9.50. The van der Waals surface area contributed by atoms with Crippen molar-refractivity contribution >= 4 is 5.91 Å². The Labute approximate surface area is 102 Å². The fourth-order valence-corrected chi connectivity index (χ4v) is 2.14. The zero-order valence-corrected chi connectivity index (χ0v) is 9.50. The Kier molecular flexibility index (Phi) is 3.56. The summed E-state index contributed by atoms with van der Waals surface area (Å²) in [6.45, 7) is 0.152. The molecular weight excluding hydrogens is 247 g/mol. The minimum atomic E-state index is -1.65. The van der Waals surface area contributed by atoms with E-state index < -0.39 is 28.9 Å². The van der Waals surface area contributed by atoms with Crippen LogP contribution in [0.25, 0.3) is 0 Å². The summed E-state index contributed by atoms with van der Waals surface area (Å²) in [7, 11) is 0. The molecule has 0 saturated carbocycles. The van der Waals surface area contributed by atoms with Crippen LogP contribution < -0.4 is 0 Å². The largest absolute Gasteiger partial charge is 0.394 e. The third-order valence-corrected chi connectivity index (χ3v) is 3.11. The van der Waals surface area contributed by atoms with E-state index in [2.05, 4.69) is 0 Å². The van der Waals surface area contributed by atoms with E-state index in [4.69, 9.17) is 5.11 Å². The van der Waals surface area contributed by atoms with E-state index in [0.717, 1.165) is 12.1 Å². The normalized spacial score (nSPS) is 19.3. The molecule has 0 aromatic heterocycles. The summed E-state index contributed by atoms with van der Waals surface area (Å²) >= 11 is 0. The predicted molar refractivity (Wildman–Crippen MR) is 57.5 cm³/mol. The summed E-state index contributed by atoms with van der Waals surface area (Å²) in [4.78, 5) is 13.3. The number of likely N-dealkylation sites (tertiary alicyclic amines) is 1. The number of rotatable bonds is 2. The van der Waals surface area contributed by atoms with Crippen LogP contribution in [-0.4, -0.2) is 35.1 Å². The monoisotopic (exact) mass is 259 g/mol. The summed E-state index contributed by atoms with van der Waals surface area (Å²) in [6, 6.07) is 1.25. The number of aliphatic hydroxyl groups is 1. The van der Waals surface area contributed by atoms with Gasteiger partial charge in [0.25, 0.3) is 5.91 Å². The standard InChI is InChI=1S/C12H12F3NO2/c13-9-4-3-8(10(14)11(9)15)12(18)16-5-1-2-7(16)6-17/h3-4,7,17H,1-2,5-6H2. The van der Waals surface area contributed by atoms with Crippen LogP contribution in [0, 0.1) is 17.5 Å². The average molecular weight is 259 g/mol. The molecule has 2 rings (SSSR count). The first-order valence-electron chi connectivity index (χ1n) is 5.61. The van der Waals surface area contributed by atoms with Crippen LogP contribution in [-0.2, 0) is 0 Å². The third kappa shape index (κ3) is 2.08. The molecule has 0 bridgehead atoms. The van der Waals surface area contributed by atoms with Gasteiger partial charge >= 0.3 is 0 Å². The number of halogens is 3. The Morgan fingerprint density at radius 1 is 1.33 bits per heavy atom. The van der Waals surface area contributed by atoms with Gasteiger partial charge in [0.2, 0.25) is 0 Å². The maximum Gasteiger partial charge on any atom is 0.257 e. The number of amides is 1. The first-order valence-corrected chi connectivity index (χ1v) is 5.61. The molecule has 1 unspecified atom stereocenters. The van der Waals surface area contributed by atoms with Gasteiger partial charge in [-0.15, -0.1) is 0 Å². The molecule has 0 radical (unpaired) electrons. The van der Waals surface area contributed by atoms with Crippen molar-refractivity contribution < 1.29 is 23.1 Å². The molecule has 1 aliphatic heterocycles. The van der Waals surface area contributed by atoms with Gasteiger partial charge in [-0.2, -0.15) is 0 Å². The second kappa shape index (κ2) is 4.97. The van der Waals surface area contributed by atoms with Crippen LogP contribution in [0.15, 0.2) is 12.1 Å². The van der Waals surface area contributed by atoms with Gasteiger partial charge in [-0.05, 0) is 25.0 Å². The molecule has 18 heavy (non-hydrogen) atoms. The molecule has 6 heteroatoms. The number of hydrogen-bond donors (Lipinski definition) is 1. The molecular formula is C12H12F3NO2. The Morgan fingerprint density at radius 3 is 2.72 bits per heavy atom. The van der Waals surface area contributed by atoms with E-state index in [1.165, 1.54) is 4.90 Å². The quantitative estimate of drug-likeness (QED) is 0.821. The van der Waals surface area contributed by atoms with Crippen molar-refractivity contribution in [3.05, 3.63) is 35.1 Å². The fourth-order valence-electron chi connectivity index (χ4n) is 2.14. The smallest absolute Gasteiger partial charge is 0.257 e. The van der Waals surface area contributed by atoms with E-state index in [1.54, 1.807) is 0 Å². The Morgan fingerprint density at radius 2 is 2.06 bits per heavy atom. The van der Waals surface area contributed by atoms with Gasteiger partial charge in [-0.25, -0.2) is 13.2 Å². The third-order valence-electron chi connectivity index (χ3n) is 3.11. The first-order chi connectivity index (χ1) is 8.56. The highest BCUT2D eigenvalue weighted by atomic mass is 19.2. The Bertz CT molecular complexity index is 479. The van der Waals surface area contributed by atoms with E-state index in [0.29, 0.717) is 19.4 Å². The highest BCUT2D eigenvalue weighted by Gasteiger charge is 2.31. The maximum atomic E-state index is 13.5. The number of aliphatic hydroxyl groups excluding tert-OH is 1. The fraction of sp³-hybridized carbons (Fsp3) is 0.417. The molecule has 1 aliphatic rings. The molecule has 1 atom stereocenters. The van der Waals surface area contributed by atoms with E-state index in [9.17, 15) is 18.0 Å². The van der Waals surface area contributed by atoms with Crippen molar-refractivity contribution in [3.63, 3.8) is 0 Å². The molecule has 3 nitrogen and oxygen atoms in total. The first kappa shape index (κ1) is 12.9. The SMILES string of the molecule is O=C(c1ccc(F)c(F)c1F)N1CCCC1CO. The van der Waals surface area contributed by atoms with Gasteiger partial charge in [-0.1, -0.05) is 0 Å². The van der Waals surface area contributed by atoms with Crippen molar-refractivity contribution in [2.45, 2.75) is 18.9 Å². The maximum absolute atomic E-state index is 13.5. The molecule has 1 aromatic carbocycles. The van der Waals surface area contributed by atoms with Gasteiger partial charge in [0.1, 0.15) is 0 Å². The molecule has 1 saturated heterocycles. The summed E-state index contributed by atoms with van der Waals surface area (Å²) in [6.07, 6.45) is 1.32. The molecule has 1 N–H and O–H groups in total. The van der Waals surface area contributed by atoms with E-state index in [1.807, 2.05) is 0 Å². The van der Waals surface area contributed by atoms with Gasteiger partial charge in [-0.3, -0.25) is 4.79 Å². The van der Waals surface area contributed by atoms with E-state index >= 15 is 0 Å². The lowest BCUT2D eigenvalue weighted by atomic mass is 10.1. The highest BCUT2D eigenvalue weighted by molar-refractivity contribution is 5.94. The zero-order chi connectivity index (χ0) is 13.3. The molecule has 1 aromatic rings. The number of nitrogens with zero attached hydrogens (tertiary/aromatic N) is 1. The highest BCUT2D eigenvalue weighted by Crippen LogP contribution is 2.22. The number of carbonyl (C=O) groups excluding carboxylic acids is 1. The van der Waals surface area contributed by atoms with Gasteiger partial charge in [0.15, 0.2) is 17.5 Å². The van der Waals surface area contributed by atoms with Crippen LogP contribution in [0.4, 0.5) is 13.2 Å². The van der Waals surface area contributed by atoms with Crippen molar-refractivity contribution in [2.24, 2.45) is 0 Å². The second-order valence-electron chi connectivity index (χ2n) is 4.20. The molecule has 0 spiro atoms. The molecule has 98 valence electrons. The van der Waals surface area contributed by atoms with Crippen LogP contribution in [0.5, 0.6) is 0 Å². The minimum absolute atomic E-state index is 0.225. The van der Waals surface area contributed by atoms with Gasteiger partial charge in [0, 0.05) is 6.54 Å². The minimum Gasteiger partial charge on any atom is -0.394 e.